The van der Waals surface area contributed by atoms with Gasteiger partial charge in [0, 0.05) is 11.8 Å². The molecule has 1 saturated heterocycles. The second kappa shape index (κ2) is 9.64. The normalized spacial score (nSPS) is 17.4. The lowest BCUT2D eigenvalue weighted by Gasteiger charge is -2.27. The second-order valence-electron chi connectivity index (χ2n) is 7.63. The summed E-state index contributed by atoms with van der Waals surface area (Å²) in [6, 6.07) is 11.0. The third-order valence-electron chi connectivity index (χ3n) is 5.36. The van der Waals surface area contributed by atoms with Gasteiger partial charge in [0.2, 0.25) is 0 Å². The molecule has 0 radical (unpaired) electrons. The molecule has 10 heteroatoms. The van der Waals surface area contributed by atoms with Gasteiger partial charge < -0.3 is 9.32 Å². The molecule has 1 aliphatic heterocycles. The Hall–Kier alpha value is -2.36. The fourth-order valence-electron chi connectivity index (χ4n) is 3.58. The van der Waals surface area contributed by atoms with Crippen LogP contribution in [0.3, 0.4) is 0 Å². The van der Waals surface area contributed by atoms with Crippen molar-refractivity contribution in [3.63, 3.8) is 0 Å². The Bertz CT molecular complexity index is 1220. The summed E-state index contributed by atoms with van der Waals surface area (Å²) < 4.78 is 29.5. The summed E-state index contributed by atoms with van der Waals surface area (Å²) in [6.07, 6.45) is 3.30. The summed E-state index contributed by atoms with van der Waals surface area (Å²) in [7, 11) is -3.19. The first-order valence-corrected chi connectivity index (χ1v) is 13.2. The summed E-state index contributed by atoms with van der Waals surface area (Å²) in [5.41, 5.74) is 2.38. The van der Waals surface area contributed by atoms with Crippen molar-refractivity contribution in [3.8, 4) is 0 Å². The maximum absolute atomic E-state index is 13.5. The third-order valence-corrected chi connectivity index (χ3v) is 8.30. The van der Waals surface area contributed by atoms with Crippen LogP contribution in [0, 0.1) is 6.92 Å². The number of amides is 1. The lowest BCUT2D eigenvalue weighted by Crippen LogP contribution is -2.41. The molecule has 0 aliphatic carbocycles. The lowest BCUT2D eigenvalue weighted by atomic mass is 10.1. The fraction of sp³-hybridized carbons (Fsp3) is 0.318. The average molecular weight is 492 g/mol. The highest BCUT2D eigenvalue weighted by molar-refractivity contribution is 7.98. The molecular weight excluding hydrogens is 470 g/mol. The first-order chi connectivity index (χ1) is 15.3. The van der Waals surface area contributed by atoms with Gasteiger partial charge in [0.05, 0.1) is 35.5 Å². The van der Waals surface area contributed by atoms with E-state index < -0.39 is 21.8 Å². The Morgan fingerprint density at radius 1 is 1.28 bits per heavy atom. The highest BCUT2D eigenvalue weighted by Gasteiger charge is 2.36. The predicted octanol–water partition coefficient (Wildman–Crippen LogP) is 4.15. The minimum atomic E-state index is -3.19. The average Bonchev–Trinajstić information content (AvgIpc) is 3.41. The molecule has 4 rings (SSSR count). The first-order valence-electron chi connectivity index (χ1n) is 10.1. The molecule has 3 aromatic rings. The maximum atomic E-state index is 13.5. The predicted molar refractivity (Wildman–Crippen MR) is 123 cm³/mol. The maximum Gasteiger partial charge on any atom is 0.274 e. The number of hydrogen-bond acceptors (Lipinski definition) is 7. The van der Waals surface area contributed by atoms with E-state index in [4.69, 9.17) is 16.0 Å². The molecule has 2 aromatic heterocycles. The van der Waals surface area contributed by atoms with Crippen molar-refractivity contribution in [2.24, 2.45) is 0 Å². The Kier molecular flexibility index (Phi) is 6.88. The van der Waals surface area contributed by atoms with Gasteiger partial charge >= 0.3 is 0 Å². The van der Waals surface area contributed by atoms with Crippen LogP contribution in [0.4, 0.5) is 0 Å². The molecule has 1 atom stereocenters. The molecule has 1 aromatic carbocycles. The van der Waals surface area contributed by atoms with Gasteiger partial charge in [0.1, 0.15) is 5.76 Å². The summed E-state index contributed by atoms with van der Waals surface area (Å²) >= 11 is 7.71. The zero-order valence-electron chi connectivity index (χ0n) is 17.4. The smallest absolute Gasteiger partial charge is 0.274 e. The van der Waals surface area contributed by atoms with E-state index in [1.807, 2.05) is 31.2 Å². The van der Waals surface area contributed by atoms with Crippen LogP contribution in [0.2, 0.25) is 5.02 Å². The van der Waals surface area contributed by atoms with E-state index in [0.717, 1.165) is 11.1 Å². The second-order valence-corrected chi connectivity index (χ2v) is 11.2. The molecule has 168 valence electrons. The molecule has 0 N–H and O–H groups in total. The molecule has 1 amide bonds. The van der Waals surface area contributed by atoms with E-state index >= 15 is 0 Å². The number of aromatic nitrogens is 2. The van der Waals surface area contributed by atoms with Crippen LogP contribution in [0.25, 0.3) is 0 Å². The SMILES string of the molecule is Cc1ccccc1CSc1ncc(Cl)c(C(=O)N(Cc2ccco2)[C@H]2CCS(=O)(=O)C2)n1. The summed E-state index contributed by atoms with van der Waals surface area (Å²) in [5, 5.41) is 0.554. The van der Waals surface area contributed by atoms with Crippen LogP contribution in [0.5, 0.6) is 0 Å². The van der Waals surface area contributed by atoms with Crippen molar-refractivity contribution in [2.75, 3.05) is 11.5 Å². The van der Waals surface area contributed by atoms with E-state index in [0.29, 0.717) is 23.1 Å². The van der Waals surface area contributed by atoms with Gasteiger partial charge in [-0.15, -0.1) is 0 Å². The Balaban J connectivity index is 1.58. The van der Waals surface area contributed by atoms with Crippen LogP contribution < -0.4 is 0 Å². The van der Waals surface area contributed by atoms with Crippen molar-refractivity contribution in [1.29, 1.82) is 0 Å². The number of sulfone groups is 1. The summed E-state index contributed by atoms with van der Waals surface area (Å²) in [4.78, 5) is 23.6. The Morgan fingerprint density at radius 2 is 2.09 bits per heavy atom. The minimum absolute atomic E-state index is 0.0502. The van der Waals surface area contributed by atoms with Gasteiger partial charge in [-0.3, -0.25) is 4.79 Å². The van der Waals surface area contributed by atoms with Gasteiger partial charge in [-0.1, -0.05) is 47.6 Å². The molecule has 0 bridgehead atoms. The van der Waals surface area contributed by atoms with E-state index in [9.17, 15) is 13.2 Å². The molecule has 7 nitrogen and oxygen atoms in total. The van der Waals surface area contributed by atoms with Crippen molar-refractivity contribution in [3.05, 3.63) is 76.5 Å². The zero-order chi connectivity index (χ0) is 22.7. The van der Waals surface area contributed by atoms with Gasteiger partial charge in [0.15, 0.2) is 20.7 Å². The topological polar surface area (TPSA) is 93.4 Å². The molecule has 0 unspecified atom stereocenters. The molecular formula is C22H22ClN3O4S2. The monoisotopic (exact) mass is 491 g/mol. The first kappa shape index (κ1) is 22.8. The zero-order valence-corrected chi connectivity index (χ0v) is 19.8. The van der Waals surface area contributed by atoms with Gasteiger partial charge in [0.25, 0.3) is 5.91 Å². The number of furan rings is 1. The number of benzene rings is 1. The van der Waals surface area contributed by atoms with E-state index in [-0.39, 0.29) is 28.8 Å². The van der Waals surface area contributed by atoms with Gasteiger partial charge in [-0.2, -0.15) is 0 Å². The summed E-state index contributed by atoms with van der Waals surface area (Å²) in [5.74, 6) is 0.737. The van der Waals surface area contributed by atoms with Crippen LogP contribution in [-0.4, -0.2) is 46.7 Å². The van der Waals surface area contributed by atoms with Crippen LogP contribution >= 0.6 is 23.4 Å². The molecule has 3 heterocycles. The number of aryl methyl sites for hydroxylation is 1. The molecule has 1 aliphatic rings. The lowest BCUT2D eigenvalue weighted by molar-refractivity contribution is 0.0659. The molecule has 0 saturated carbocycles. The largest absolute Gasteiger partial charge is 0.467 e. The molecule has 0 spiro atoms. The number of carbonyl (C=O) groups excluding carboxylic acids is 1. The highest BCUT2D eigenvalue weighted by Crippen LogP contribution is 2.27. The van der Waals surface area contributed by atoms with E-state index in [1.54, 1.807) is 12.1 Å². The van der Waals surface area contributed by atoms with E-state index in [1.165, 1.54) is 29.1 Å². The van der Waals surface area contributed by atoms with Gasteiger partial charge in [-0.25, -0.2) is 18.4 Å². The quantitative estimate of drug-likeness (QED) is 0.362. The number of carbonyl (C=O) groups is 1. The number of halogens is 1. The standard InChI is InChI=1S/C22H22ClN3O4S2/c1-15-5-2-3-6-16(15)13-31-22-24-11-19(23)20(25-22)21(27)26(12-18-7-4-9-30-18)17-8-10-32(28,29)14-17/h2-7,9,11,17H,8,10,12-14H2,1H3/t17-/m0/s1. The highest BCUT2D eigenvalue weighted by atomic mass is 35.5. The van der Waals surface area contributed by atoms with Crippen molar-refractivity contribution >= 4 is 39.1 Å². The van der Waals surface area contributed by atoms with Crippen LogP contribution in [0.15, 0.2) is 58.4 Å². The minimum Gasteiger partial charge on any atom is -0.467 e. The number of nitrogens with zero attached hydrogens (tertiary/aromatic N) is 3. The van der Waals surface area contributed by atoms with Crippen molar-refractivity contribution in [2.45, 2.75) is 36.8 Å². The van der Waals surface area contributed by atoms with E-state index in [2.05, 4.69) is 9.97 Å². The third kappa shape index (κ3) is 5.33. The van der Waals surface area contributed by atoms with Crippen molar-refractivity contribution in [1.82, 2.24) is 14.9 Å². The molecule has 1 fully saturated rings. The number of thioether (sulfide) groups is 1. The van der Waals surface area contributed by atoms with Crippen molar-refractivity contribution < 1.29 is 17.6 Å². The van der Waals surface area contributed by atoms with Crippen LogP contribution in [-0.2, 0) is 22.1 Å². The number of rotatable bonds is 7. The number of hydrogen-bond donors (Lipinski definition) is 0. The Morgan fingerprint density at radius 3 is 2.78 bits per heavy atom. The fourth-order valence-corrected chi connectivity index (χ4v) is 6.37. The van der Waals surface area contributed by atoms with Crippen LogP contribution in [0.1, 0.15) is 33.8 Å². The summed E-state index contributed by atoms with van der Waals surface area (Å²) in [6.45, 7) is 2.17. The van der Waals surface area contributed by atoms with Gasteiger partial charge in [-0.05, 0) is 36.6 Å². The molecule has 32 heavy (non-hydrogen) atoms. The Labute approximate surface area is 196 Å².